The third-order valence-corrected chi connectivity index (χ3v) is 6.14. The molecule has 1 saturated carbocycles. The second-order valence-electron chi connectivity index (χ2n) is 7.59. The van der Waals surface area contributed by atoms with Gasteiger partial charge in [0.25, 0.3) is 5.91 Å². The average molecular weight is 450 g/mol. The molecule has 1 atom stereocenters. The summed E-state index contributed by atoms with van der Waals surface area (Å²) in [7, 11) is 1.51. The number of benzene rings is 2. The first-order valence-corrected chi connectivity index (χ1v) is 10.8. The van der Waals surface area contributed by atoms with Crippen molar-refractivity contribution in [3.63, 3.8) is 0 Å². The summed E-state index contributed by atoms with van der Waals surface area (Å²) >= 11 is 12.2. The lowest BCUT2D eigenvalue weighted by molar-refractivity contribution is -0.138. The summed E-state index contributed by atoms with van der Waals surface area (Å²) in [6.07, 6.45) is 5.38. The number of carbonyl (C=O) groups excluding carboxylic acids is 1. The Morgan fingerprint density at radius 1 is 1.13 bits per heavy atom. The molecule has 0 saturated heterocycles. The molecule has 0 heterocycles. The van der Waals surface area contributed by atoms with E-state index in [2.05, 4.69) is 5.32 Å². The Balaban J connectivity index is 1.95. The van der Waals surface area contributed by atoms with E-state index >= 15 is 0 Å². The molecule has 0 radical (unpaired) electrons. The van der Waals surface area contributed by atoms with Gasteiger partial charge in [-0.2, -0.15) is 0 Å². The number of aliphatic carboxylic acids is 1. The fraction of sp³-hybridized carbons (Fsp3) is 0.391. The summed E-state index contributed by atoms with van der Waals surface area (Å²) in [5.74, 6) is -1.77. The van der Waals surface area contributed by atoms with Gasteiger partial charge < -0.3 is 15.2 Å². The molecule has 2 N–H and O–H groups in total. The molecule has 1 aliphatic rings. The number of halogens is 2. The van der Waals surface area contributed by atoms with Crippen LogP contribution in [-0.4, -0.2) is 30.1 Å². The first kappa shape index (κ1) is 22.4. The number of hydrogen-bond donors (Lipinski definition) is 2. The van der Waals surface area contributed by atoms with E-state index in [9.17, 15) is 14.7 Å². The van der Waals surface area contributed by atoms with Crippen molar-refractivity contribution < 1.29 is 19.4 Å². The van der Waals surface area contributed by atoms with Gasteiger partial charge in [0, 0.05) is 21.7 Å². The minimum absolute atomic E-state index is 0.121. The van der Waals surface area contributed by atoms with E-state index in [4.69, 9.17) is 27.9 Å². The summed E-state index contributed by atoms with van der Waals surface area (Å²) in [5.41, 5.74) is 1.40. The number of methoxy groups -OCH3 is 1. The van der Waals surface area contributed by atoms with Crippen LogP contribution in [0.4, 0.5) is 0 Å². The third-order valence-electron chi connectivity index (χ3n) is 5.56. The highest BCUT2D eigenvalue weighted by atomic mass is 35.5. The Kier molecular flexibility index (Phi) is 7.62. The topological polar surface area (TPSA) is 75.6 Å². The van der Waals surface area contributed by atoms with Gasteiger partial charge in [0.1, 0.15) is 5.75 Å². The number of rotatable bonds is 7. The van der Waals surface area contributed by atoms with Gasteiger partial charge in [-0.3, -0.25) is 9.59 Å². The third kappa shape index (κ3) is 5.46. The van der Waals surface area contributed by atoms with Crippen molar-refractivity contribution in [3.05, 3.63) is 63.1 Å². The summed E-state index contributed by atoms with van der Waals surface area (Å²) in [6.45, 7) is 0. The van der Waals surface area contributed by atoms with E-state index in [-0.39, 0.29) is 18.4 Å². The Bertz CT molecular complexity index is 925. The molecule has 2 aromatic rings. The monoisotopic (exact) mass is 449 g/mol. The molecule has 0 spiro atoms. The van der Waals surface area contributed by atoms with E-state index in [0.717, 1.165) is 25.7 Å². The van der Waals surface area contributed by atoms with Crippen molar-refractivity contribution in [2.75, 3.05) is 7.11 Å². The molecule has 0 unspecified atom stereocenters. The van der Waals surface area contributed by atoms with E-state index in [1.165, 1.54) is 13.5 Å². The van der Waals surface area contributed by atoms with Gasteiger partial charge in [-0.25, -0.2) is 0 Å². The fourth-order valence-electron chi connectivity index (χ4n) is 3.91. The lowest BCUT2D eigenvalue weighted by atomic mass is 9.87. The molecule has 1 amide bonds. The highest BCUT2D eigenvalue weighted by Gasteiger charge is 2.28. The number of ether oxygens (including phenoxy) is 1. The molecular weight excluding hydrogens is 425 g/mol. The van der Waals surface area contributed by atoms with E-state index in [0.29, 0.717) is 32.5 Å². The molecule has 0 aromatic heterocycles. The predicted octanol–water partition coefficient (Wildman–Crippen LogP) is 5.48. The minimum atomic E-state index is -1.04. The number of nitrogens with one attached hydrogen (secondary N) is 1. The maximum atomic E-state index is 13.0. The van der Waals surface area contributed by atoms with Crippen molar-refractivity contribution in [2.45, 2.75) is 50.5 Å². The van der Waals surface area contributed by atoms with E-state index < -0.39 is 11.9 Å². The van der Waals surface area contributed by atoms with Crippen LogP contribution >= 0.6 is 23.2 Å². The molecule has 160 valence electrons. The van der Waals surface area contributed by atoms with Gasteiger partial charge in [0.05, 0.1) is 13.0 Å². The summed E-state index contributed by atoms with van der Waals surface area (Å²) in [6, 6.07) is 10.0. The van der Waals surface area contributed by atoms with Gasteiger partial charge >= 0.3 is 5.97 Å². The number of carbonyl (C=O) groups is 2. The van der Waals surface area contributed by atoms with Crippen LogP contribution < -0.4 is 10.1 Å². The maximum Gasteiger partial charge on any atom is 0.311 e. The zero-order chi connectivity index (χ0) is 21.7. The number of hydrogen-bond acceptors (Lipinski definition) is 3. The molecule has 3 rings (SSSR count). The van der Waals surface area contributed by atoms with Crippen molar-refractivity contribution in [1.29, 1.82) is 0 Å². The quantitative estimate of drug-likeness (QED) is 0.586. The summed E-state index contributed by atoms with van der Waals surface area (Å²) < 4.78 is 5.29. The molecule has 0 bridgehead atoms. The Morgan fingerprint density at radius 3 is 2.50 bits per heavy atom. The fourth-order valence-corrected chi connectivity index (χ4v) is 4.40. The number of carboxylic acids is 1. The van der Waals surface area contributed by atoms with Crippen molar-refractivity contribution in [2.24, 2.45) is 0 Å². The lowest BCUT2D eigenvalue weighted by Crippen LogP contribution is -2.37. The number of carboxylic acid groups (broad SMARTS) is 1. The normalized spacial score (nSPS) is 15.4. The molecule has 1 aliphatic carbocycles. The molecule has 0 aliphatic heterocycles. The number of amides is 1. The van der Waals surface area contributed by atoms with Crippen molar-refractivity contribution >= 4 is 35.1 Å². The van der Waals surface area contributed by atoms with Crippen LogP contribution in [0.2, 0.25) is 10.0 Å². The largest absolute Gasteiger partial charge is 0.497 e. The molecule has 5 nitrogen and oxygen atoms in total. The molecule has 1 fully saturated rings. The van der Waals surface area contributed by atoms with Gasteiger partial charge in [0.2, 0.25) is 0 Å². The van der Waals surface area contributed by atoms with Gasteiger partial charge in [-0.05, 0) is 60.7 Å². The second kappa shape index (κ2) is 10.2. The standard InChI is InChI=1S/C23H25Cl2NO4/c1-30-17-9-10-18(22(27)26-16-5-3-2-4-6-16)19(13-17)20(23(28)29)11-14-7-8-15(24)12-21(14)25/h7-10,12-13,16,20H,2-6,11H2,1H3,(H,26,27)(H,28,29)/t20-/m0/s1. The zero-order valence-electron chi connectivity index (χ0n) is 16.8. The molecule has 30 heavy (non-hydrogen) atoms. The SMILES string of the molecule is COc1ccc(C(=O)NC2CCCCC2)c([C@H](Cc2ccc(Cl)cc2Cl)C(=O)O)c1. The van der Waals surface area contributed by atoms with Gasteiger partial charge in [-0.15, -0.1) is 0 Å². The van der Waals surface area contributed by atoms with Crippen LogP contribution in [-0.2, 0) is 11.2 Å². The van der Waals surface area contributed by atoms with E-state index in [1.807, 2.05) is 0 Å². The lowest BCUT2D eigenvalue weighted by Gasteiger charge is -2.24. The average Bonchev–Trinajstić information content (AvgIpc) is 2.73. The van der Waals surface area contributed by atoms with Crippen LogP contribution in [0.3, 0.4) is 0 Å². The molecular formula is C23H25Cl2NO4. The van der Waals surface area contributed by atoms with Crippen LogP contribution in [0.5, 0.6) is 5.75 Å². The van der Waals surface area contributed by atoms with Crippen LogP contribution in [0.25, 0.3) is 0 Å². The highest BCUT2D eigenvalue weighted by Crippen LogP contribution is 2.32. The van der Waals surface area contributed by atoms with Crippen molar-refractivity contribution in [1.82, 2.24) is 5.32 Å². The highest BCUT2D eigenvalue weighted by molar-refractivity contribution is 6.35. The van der Waals surface area contributed by atoms with Gasteiger partial charge in [0.15, 0.2) is 0 Å². The smallest absolute Gasteiger partial charge is 0.311 e. The first-order valence-electron chi connectivity index (χ1n) is 10.0. The molecule has 7 heteroatoms. The first-order chi connectivity index (χ1) is 14.4. The second-order valence-corrected chi connectivity index (χ2v) is 8.44. The van der Waals surface area contributed by atoms with Crippen molar-refractivity contribution in [3.8, 4) is 5.75 Å². The Morgan fingerprint density at radius 2 is 1.87 bits per heavy atom. The van der Waals surface area contributed by atoms with Crippen LogP contribution in [0.1, 0.15) is 59.5 Å². The zero-order valence-corrected chi connectivity index (χ0v) is 18.3. The molecule has 2 aromatic carbocycles. The van der Waals surface area contributed by atoms with Gasteiger partial charge in [-0.1, -0.05) is 48.5 Å². The summed E-state index contributed by atoms with van der Waals surface area (Å²) in [4.78, 5) is 25.2. The van der Waals surface area contributed by atoms with Crippen LogP contribution in [0.15, 0.2) is 36.4 Å². The van der Waals surface area contributed by atoms with E-state index in [1.54, 1.807) is 36.4 Å². The Hall–Kier alpha value is -2.24. The predicted molar refractivity (Wildman–Crippen MR) is 118 cm³/mol. The summed E-state index contributed by atoms with van der Waals surface area (Å²) in [5, 5.41) is 13.9. The van der Waals surface area contributed by atoms with Crippen LogP contribution in [0, 0.1) is 0 Å². The Labute approximate surface area is 186 Å². The minimum Gasteiger partial charge on any atom is -0.497 e. The maximum absolute atomic E-state index is 13.0.